The van der Waals surface area contributed by atoms with E-state index >= 15 is 0 Å². The fourth-order valence-electron chi connectivity index (χ4n) is 3.31. The third-order valence-corrected chi connectivity index (χ3v) is 4.77. The van der Waals surface area contributed by atoms with Crippen LogP contribution in [0.1, 0.15) is 19.4 Å². The molecule has 2 atom stereocenters. The van der Waals surface area contributed by atoms with Gasteiger partial charge >= 0.3 is 5.97 Å². The molecule has 0 unspecified atom stereocenters. The molecule has 0 amide bonds. The first-order valence-electron chi connectivity index (χ1n) is 6.72. The Morgan fingerprint density at radius 2 is 1.91 bits per heavy atom. The second-order valence-electron chi connectivity index (χ2n) is 6.10. The third-order valence-electron chi connectivity index (χ3n) is 4.77. The van der Waals surface area contributed by atoms with Gasteiger partial charge in [-0.25, -0.2) is 17.6 Å². The number of hydrogen-bond acceptors (Lipinski definition) is 2. The molecule has 1 saturated carbocycles. The molecule has 1 N–H and O–H groups in total. The van der Waals surface area contributed by atoms with Crippen LogP contribution in [-0.2, 0) is 11.2 Å². The van der Waals surface area contributed by atoms with Crippen molar-refractivity contribution < 1.29 is 27.5 Å². The van der Waals surface area contributed by atoms with Gasteiger partial charge in [-0.1, -0.05) is 19.9 Å². The molecule has 3 nitrogen and oxygen atoms in total. The molecule has 0 saturated heterocycles. The maximum Gasteiger partial charge on any atom is 0.311 e. The van der Waals surface area contributed by atoms with E-state index in [9.17, 15) is 27.5 Å². The van der Waals surface area contributed by atoms with Crippen LogP contribution >= 0.6 is 0 Å². The van der Waals surface area contributed by atoms with Gasteiger partial charge in [-0.2, -0.15) is 5.26 Å². The van der Waals surface area contributed by atoms with Crippen molar-refractivity contribution in [3.8, 4) is 6.07 Å². The van der Waals surface area contributed by atoms with Gasteiger partial charge < -0.3 is 5.11 Å². The van der Waals surface area contributed by atoms with Crippen LogP contribution in [0.5, 0.6) is 0 Å². The van der Waals surface area contributed by atoms with Crippen LogP contribution in [0.4, 0.5) is 17.6 Å². The van der Waals surface area contributed by atoms with Crippen molar-refractivity contribution in [2.75, 3.05) is 0 Å². The predicted octanol–water partition coefficient (Wildman–Crippen LogP) is 3.59. The second-order valence-corrected chi connectivity index (χ2v) is 6.10. The fraction of sp³-hybridized carbons (Fsp3) is 0.375. The van der Waals surface area contributed by atoms with Crippen molar-refractivity contribution in [2.24, 2.45) is 16.7 Å². The van der Waals surface area contributed by atoms with Gasteiger partial charge in [0.1, 0.15) is 0 Å². The van der Waals surface area contributed by atoms with Gasteiger partial charge in [0.05, 0.1) is 11.5 Å². The van der Waals surface area contributed by atoms with E-state index in [0.29, 0.717) is 6.07 Å². The van der Waals surface area contributed by atoms with Gasteiger partial charge in [-0.05, 0) is 23.5 Å². The number of benzene rings is 1. The zero-order valence-electron chi connectivity index (χ0n) is 12.3. The molecule has 2 rings (SSSR count). The molecule has 0 bridgehead atoms. The maximum absolute atomic E-state index is 13.8. The fourth-order valence-corrected chi connectivity index (χ4v) is 3.31. The smallest absolute Gasteiger partial charge is 0.311 e. The van der Waals surface area contributed by atoms with Crippen molar-refractivity contribution >= 4 is 5.97 Å². The molecule has 0 spiro atoms. The molecule has 1 aliphatic carbocycles. The van der Waals surface area contributed by atoms with Crippen molar-refractivity contribution in [3.05, 3.63) is 47.1 Å². The van der Waals surface area contributed by atoms with E-state index in [1.165, 1.54) is 6.08 Å². The van der Waals surface area contributed by atoms with E-state index in [0.717, 1.165) is 6.08 Å². The number of nitriles is 1. The number of nitrogens with zero attached hydrogens (tertiary/aromatic N) is 1. The molecule has 1 aromatic rings. The van der Waals surface area contributed by atoms with E-state index in [1.54, 1.807) is 19.9 Å². The lowest BCUT2D eigenvalue weighted by molar-refractivity contribution is -0.145. The van der Waals surface area contributed by atoms with Crippen molar-refractivity contribution in [3.63, 3.8) is 0 Å². The van der Waals surface area contributed by atoms with Crippen molar-refractivity contribution in [1.29, 1.82) is 5.26 Å². The van der Waals surface area contributed by atoms with Crippen LogP contribution < -0.4 is 0 Å². The molecule has 0 aliphatic heterocycles. The molecular weight excluding hydrogens is 314 g/mol. The molecule has 0 aromatic heterocycles. The summed E-state index contributed by atoms with van der Waals surface area (Å²) in [5, 5.41) is 18.1. The summed E-state index contributed by atoms with van der Waals surface area (Å²) in [6.45, 7) is 3.20. The van der Waals surface area contributed by atoms with E-state index in [2.05, 4.69) is 0 Å². The summed E-state index contributed by atoms with van der Waals surface area (Å²) in [7, 11) is 0. The van der Waals surface area contributed by atoms with Gasteiger partial charge in [-0.3, -0.25) is 4.79 Å². The highest BCUT2D eigenvalue weighted by molar-refractivity contribution is 5.82. The lowest BCUT2D eigenvalue weighted by atomic mass is 9.88. The lowest BCUT2D eigenvalue weighted by Crippen LogP contribution is -2.25. The molecule has 1 aromatic carbocycles. The van der Waals surface area contributed by atoms with Crippen LogP contribution in [-0.4, -0.2) is 11.1 Å². The van der Waals surface area contributed by atoms with Crippen LogP contribution in [0, 0.1) is 51.3 Å². The number of carbonyl (C=O) groups is 1. The maximum atomic E-state index is 13.8. The van der Waals surface area contributed by atoms with Crippen molar-refractivity contribution in [1.82, 2.24) is 0 Å². The molecule has 23 heavy (non-hydrogen) atoms. The highest BCUT2D eigenvalue weighted by Gasteiger charge is 2.74. The minimum Gasteiger partial charge on any atom is -0.481 e. The molecule has 1 fully saturated rings. The number of aliphatic carboxylic acids is 1. The lowest BCUT2D eigenvalue weighted by Gasteiger charge is -2.16. The van der Waals surface area contributed by atoms with Crippen LogP contribution in [0.25, 0.3) is 0 Å². The van der Waals surface area contributed by atoms with Gasteiger partial charge in [0.15, 0.2) is 23.3 Å². The zero-order chi connectivity index (χ0) is 17.6. The molecular formula is C16H13F4NO2. The van der Waals surface area contributed by atoms with E-state index in [1.807, 2.05) is 0 Å². The Hall–Kier alpha value is -2.36. The first kappa shape index (κ1) is 17.0. The number of hydrogen-bond donors (Lipinski definition) is 1. The van der Waals surface area contributed by atoms with Gasteiger partial charge in [0.25, 0.3) is 0 Å². The van der Waals surface area contributed by atoms with E-state index in [4.69, 9.17) is 5.26 Å². The summed E-state index contributed by atoms with van der Waals surface area (Å²) < 4.78 is 53.5. The van der Waals surface area contributed by atoms with Crippen LogP contribution in [0.2, 0.25) is 0 Å². The summed E-state index contributed by atoms with van der Waals surface area (Å²) in [5.74, 6) is -8.99. The number of carboxylic acid groups (broad SMARTS) is 1. The molecule has 7 heteroatoms. The standard InChI is InChI=1S/C16H13F4NO2/c1-15(2)10(4-3-5-21)16(15,14(22)23)7-8-6-9(17)12(19)13(20)11(8)18/h3-4,6,10H,7H2,1-2H3,(H,22,23)/b4-3-/t10-,16-/m1/s1. The Kier molecular flexibility index (Phi) is 3.97. The Balaban J connectivity index is 2.51. The third kappa shape index (κ3) is 2.29. The highest BCUT2D eigenvalue weighted by atomic mass is 19.2. The zero-order valence-corrected chi connectivity index (χ0v) is 12.3. The monoisotopic (exact) mass is 327 g/mol. The minimum absolute atomic E-state index is 0.470. The average Bonchev–Trinajstić information content (AvgIpc) is 2.96. The Morgan fingerprint density at radius 3 is 2.43 bits per heavy atom. The first-order valence-corrected chi connectivity index (χ1v) is 6.72. The Bertz CT molecular complexity index is 751. The van der Waals surface area contributed by atoms with Crippen molar-refractivity contribution in [2.45, 2.75) is 20.3 Å². The minimum atomic E-state index is -1.97. The largest absolute Gasteiger partial charge is 0.481 e. The Labute approximate surface area is 129 Å². The van der Waals surface area contributed by atoms with E-state index < -0.39 is 58.0 Å². The average molecular weight is 327 g/mol. The molecule has 0 radical (unpaired) electrons. The summed E-state index contributed by atoms with van der Waals surface area (Å²) >= 11 is 0. The summed E-state index contributed by atoms with van der Waals surface area (Å²) in [6.07, 6.45) is 1.97. The highest BCUT2D eigenvalue weighted by Crippen LogP contribution is 2.71. The number of rotatable bonds is 4. The molecule has 1 aliphatic rings. The summed E-state index contributed by atoms with van der Waals surface area (Å²) in [6, 6.07) is 2.21. The molecule has 0 heterocycles. The van der Waals surface area contributed by atoms with Gasteiger partial charge in [-0.15, -0.1) is 0 Å². The first-order chi connectivity index (χ1) is 10.6. The summed E-state index contributed by atoms with van der Waals surface area (Å²) in [5.41, 5.74) is -2.94. The number of halogens is 4. The van der Waals surface area contributed by atoms with Crippen LogP contribution in [0.15, 0.2) is 18.2 Å². The quantitative estimate of drug-likeness (QED) is 0.398. The SMILES string of the molecule is CC1(C)[C@@H](/C=C\C#N)[C@]1(Cc1cc(F)c(F)c(F)c1F)C(=O)O. The topological polar surface area (TPSA) is 61.1 Å². The molecule has 122 valence electrons. The Morgan fingerprint density at radius 1 is 1.30 bits per heavy atom. The van der Waals surface area contributed by atoms with Gasteiger partial charge in [0.2, 0.25) is 0 Å². The normalized spacial score (nSPS) is 25.3. The van der Waals surface area contributed by atoms with Gasteiger partial charge in [0, 0.05) is 12.0 Å². The van der Waals surface area contributed by atoms with E-state index in [-0.39, 0.29) is 0 Å². The number of allylic oxidation sites excluding steroid dienone is 2. The number of carboxylic acids is 1. The second kappa shape index (κ2) is 5.37. The van der Waals surface area contributed by atoms with Crippen LogP contribution in [0.3, 0.4) is 0 Å². The predicted molar refractivity (Wildman–Crippen MR) is 72.1 cm³/mol. The summed E-state index contributed by atoms with van der Waals surface area (Å²) in [4.78, 5) is 11.7.